The summed E-state index contributed by atoms with van der Waals surface area (Å²) < 4.78 is 5.80. The summed E-state index contributed by atoms with van der Waals surface area (Å²) in [7, 11) is 1.73. The minimum atomic E-state index is 0.415. The van der Waals surface area contributed by atoms with Gasteiger partial charge in [-0.05, 0) is 84.0 Å². The summed E-state index contributed by atoms with van der Waals surface area (Å²) in [4.78, 5) is 17.6. The zero-order valence-electron chi connectivity index (χ0n) is 23.1. The average Bonchev–Trinajstić information content (AvgIpc) is 3.45. The van der Waals surface area contributed by atoms with Gasteiger partial charge in [0.1, 0.15) is 11.6 Å². The van der Waals surface area contributed by atoms with Gasteiger partial charge >= 0.3 is 0 Å². The number of aromatic nitrogens is 2. The predicted octanol–water partition coefficient (Wildman–Crippen LogP) is 4.75. The molecule has 37 heavy (non-hydrogen) atoms. The summed E-state index contributed by atoms with van der Waals surface area (Å²) in [6, 6.07) is 5.22. The molecular formula is C30H44N6O. The number of ether oxygens (including phenoxy) is 1. The van der Waals surface area contributed by atoms with Crippen molar-refractivity contribution in [3.8, 4) is 17.6 Å². The quantitative estimate of drug-likeness (QED) is 0.546. The third kappa shape index (κ3) is 6.48. The number of benzene rings is 1. The normalized spacial score (nSPS) is 19.8. The van der Waals surface area contributed by atoms with Crippen LogP contribution in [0.2, 0.25) is 0 Å². The molecule has 5 rings (SSSR count). The second kappa shape index (κ2) is 12.3. The van der Waals surface area contributed by atoms with E-state index >= 15 is 0 Å². The smallest absolute Gasteiger partial charge is 0.227 e. The second-order valence-electron chi connectivity index (χ2n) is 11.1. The van der Waals surface area contributed by atoms with Gasteiger partial charge in [0.05, 0.1) is 18.2 Å². The molecule has 3 aliphatic heterocycles. The van der Waals surface area contributed by atoms with E-state index in [1.54, 1.807) is 7.11 Å². The molecule has 0 unspecified atom stereocenters. The fraction of sp³-hybridized carbons (Fsp3) is 0.667. The Balaban J connectivity index is 1.42. The molecule has 200 valence electrons. The summed E-state index contributed by atoms with van der Waals surface area (Å²) in [6.07, 6.45) is 9.46. The molecule has 0 spiro atoms. The number of hydrogen-bond donors (Lipinski definition) is 1. The lowest BCUT2D eigenvalue weighted by Gasteiger charge is -2.35. The molecule has 7 nitrogen and oxygen atoms in total. The van der Waals surface area contributed by atoms with Gasteiger partial charge in [-0.25, -0.2) is 4.98 Å². The number of fused-ring (bicyclic) bond motifs is 1. The van der Waals surface area contributed by atoms with Crippen molar-refractivity contribution in [2.45, 2.75) is 77.3 Å². The number of anilines is 2. The summed E-state index contributed by atoms with van der Waals surface area (Å²) in [6.45, 7) is 12.3. The lowest BCUT2D eigenvalue weighted by Crippen LogP contribution is -2.42. The monoisotopic (exact) mass is 504 g/mol. The van der Waals surface area contributed by atoms with Gasteiger partial charge in [-0.15, -0.1) is 0 Å². The molecule has 1 aromatic heterocycles. The number of rotatable bonds is 7. The van der Waals surface area contributed by atoms with Crippen molar-refractivity contribution < 1.29 is 4.74 Å². The van der Waals surface area contributed by atoms with E-state index in [1.165, 1.54) is 45.2 Å². The van der Waals surface area contributed by atoms with Crippen LogP contribution in [0.3, 0.4) is 0 Å². The van der Waals surface area contributed by atoms with Crippen molar-refractivity contribution in [2.75, 3.05) is 63.1 Å². The minimum Gasteiger partial charge on any atom is -0.495 e. The first-order valence-electron chi connectivity index (χ1n) is 14.5. The Kier molecular flexibility index (Phi) is 8.68. The average molecular weight is 505 g/mol. The maximum absolute atomic E-state index is 5.80. The zero-order chi connectivity index (χ0) is 25.6. The standard InChI is InChI=1S/C30H44N6O/c1-23(2)35-19-12-25(13-20-35)31-29-26-22-28(37-3)24(11-5-8-14-34-15-9-10-16-34)21-27(26)32-30(33-29)36-17-6-4-7-18-36/h21-23,25H,4,6-10,12-20H2,1-3H3,(H,31,32,33). The number of methoxy groups -OCH3 is 1. The third-order valence-corrected chi connectivity index (χ3v) is 8.22. The largest absolute Gasteiger partial charge is 0.495 e. The first kappa shape index (κ1) is 26.1. The molecular weight excluding hydrogens is 460 g/mol. The summed E-state index contributed by atoms with van der Waals surface area (Å²) in [5.74, 6) is 9.36. The van der Waals surface area contributed by atoms with E-state index in [0.29, 0.717) is 12.1 Å². The highest BCUT2D eigenvalue weighted by Crippen LogP contribution is 2.32. The molecule has 0 amide bonds. The van der Waals surface area contributed by atoms with E-state index in [9.17, 15) is 0 Å². The summed E-state index contributed by atoms with van der Waals surface area (Å²) in [5.41, 5.74) is 1.86. The fourth-order valence-corrected chi connectivity index (χ4v) is 5.89. The molecule has 7 heteroatoms. The maximum atomic E-state index is 5.80. The molecule has 3 fully saturated rings. The lowest BCUT2D eigenvalue weighted by molar-refractivity contribution is 0.177. The molecule has 4 heterocycles. The Morgan fingerprint density at radius 1 is 0.973 bits per heavy atom. The van der Waals surface area contributed by atoms with Crippen LogP contribution in [0.25, 0.3) is 10.9 Å². The molecule has 2 aromatic rings. The van der Waals surface area contributed by atoms with E-state index < -0.39 is 0 Å². The fourth-order valence-electron chi connectivity index (χ4n) is 5.89. The Morgan fingerprint density at radius 2 is 1.70 bits per heavy atom. The van der Waals surface area contributed by atoms with Gasteiger partial charge in [0.15, 0.2) is 0 Å². The number of likely N-dealkylation sites (tertiary alicyclic amines) is 2. The van der Waals surface area contributed by atoms with Crippen molar-refractivity contribution in [2.24, 2.45) is 0 Å². The number of piperidine rings is 2. The molecule has 3 aliphatic rings. The van der Waals surface area contributed by atoms with Crippen molar-refractivity contribution in [1.82, 2.24) is 19.8 Å². The molecule has 1 aromatic carbocycles. The topological polar surface area (TPSA) is 56.8 Å². The van der Waals surface area contributed by atoms with Gasteiger partial charge in [0, 0.05) is 56.6 Å². The highest BCUT2D eigenvalue weighted by atomic mass is 16.5. The van der Waals surface area contributed by atoms with Crippen molar-refractivity contribution >= 4 is 22.7 Å². The summed E-state index contributed by atoms with van der Waals surface area (Å²) >= 11 is 0. The number of nitrogens with zero attached hydrogens (tertiary/aromatic N) is 5. The maximum Gasteiger partial charge on any atom is 0.227 e. The Bertz CT molecular complexity index is 1100. The Morgan fingerprint density at radius 3 is 2.41 bits per heavy atom. The van der Waals surface area contributed by atoms with Crippen LogP contribution in [0.15, 0.2) is 12.1 Å². The predicted molar refractivity (Wildman–Crippen MR) is 153 cm³/mol. The first-order chi connectivity index (χ1) is 18.1. The van der Waals surface area contributed by atoms with E-state index in [4.69, 9.17) is 14.7 Å². The van der Waals surface area contributed by atoms with Gasteiger partial charge in [-0.3, -0.25) is 0 Å². The molecule has 0 atom stereocenters. The van der Waals surface area contributed by atoms with Crippen LogP contribution in [0.5, 0.6) is 5.75 Å². The highest BCUT2D eigenvalue weighted by Gasteiger charge is 2.23. The van der Waals surface area contributed by atoms with Crippen molar-refractivity contribution in [3.63, 3.8) is 0 Å². The van der Waals surface area contributed by atoms with Crippen LogP contribution in [0.1, 0.15) is 70.8 Å². The molecule has 0 saturated carbocycles. The lowest BCUT2D eigenvalue weighted by atomic mass is 10.0. The van der Waals surface area contributed by atoms with Crippen LogP contribution in [0.4, 0.5) is 11.8 Å². The summed E-state index contributed by atoms with van der Waals surface area (Å²) in [5, 5.41) is 4.84. The zero-order valence-corrected chi connectivity index (χ0v) is 23.1. The van der Waals surface area contributed by atoms with Gasteiger partial charge in [-0.2, -0.15) is 4.98 Å². The van der Waals surface area contributed by atoms with Crippen LogP contribution in [0, 0.1) is 11.8 Å². The van der Waals surface area contributed by atoms with Crippen LogP contribution in [-0.2, 0) is 0 Å². The van der Waals surface area contributed by atoms with Crippen molar-refractivity contribution in [3.05, 3.63) is 17.7 Å². The van der Waals surface area contributed by atoms with Crippen LogP contribution < -0.4 is 15.0 Å². The molecule has 3 saturated heterocycles. The van der Waals surface area contributed by atoms with E-state index in [0.717, 1.165) is 86.0 Å². The number of hydrogen-bond acceptors (Lipinski definition) is 7. The Labute approximate surface area is 223 Å². The molecule has 0 bridgehead atoms. The van der Waals surface area contributed by atoms with Crippen LogP contribution in [-0.4, -0.2) is 84.8 Å². The van der Waals surface area contributed by atoms with Gasteiger partial charge in [0.25, 0.3) is 0 Å². The molecule has 0 aliphatic carbocycles. The van der Waals surface area contributed by atoms with Crippen molar-refractivity contribution in [1.29, 1.82) is 0 Å². The highest BCUT2D eigenvalue weighted by molar-refractivity contribution is 5.93. The van der Waals surface area contributed by atoms with E-state index in [2.05, 4.69) is 57.8 Å². The van der Waals surface area contributed by atoms with Crippen LogP contribution >= 0.6 is 0 Å². The van der Waals surface area contributed by atoms with E-state index in [1.807, 2.05) is 0 Å². The minimum absolute atomic E-state index is 0.415. The second-order valence-corrected chi connectivity index (χ2v) is 11.1. The van der Waals surface area contributed by atoms with Gasteiger partial charge < -0.3 is 24.8 Å². The van der Waals surface area contributed by atoms with Gasteiger partial charge in [0.2, 0.25) is 5.95 Å². The molecule has 0 radical (unpaired) electrons. The molecule has 1 N–H and O–H groups in total. The first-order valence-corrected chi connectivity index (χ1v) is 14.5. The number of nitrogens with one attached hydrogen (secondary N) is 1. The third-order valence-electron chi connectivity index (χ3n) is 8.22. The Hall–Kier alpha value is -2.56. The van der Waals surface area contributed by atoms with E-state index in [-0.39, 0.29) is 0 Å². The SMILES string of the molecule is COc1cc2c(NC3CCN(C(C)C)CC3)nc(N3CCCCC3)nc2cc1C#CCCN1CCCC1. The van der Waals surface area contributed by atoms with Gasteiger partial charge in [-0.1, -0.05) is 11.8 Å².